The van der Waals surface area contributed by atoms with Gasteiger partial charge >= 0.3 is 12.4 Å². The quantitative estimate of drug-likeness (QED) is 0.165. The van der Waals surface area contributed by atoms with Gasteiger partial charge in [0.25, 0.3) is 0 Å². The van der Waals surface area contributed by atoms with E-state index < -0.39 is 39.9 Å². The number of halogens is 6. The van der Waals surface area contributed by atoms with Crippen LogP contribution in [0.4, 0.5) is 26.3 Å². The Kier molecular flexibility index (Phi) is 8.70. The van der Waals surface area contributed by atoms with Crippen molar-refractivity contribution in [1.82, 2.24) is 19.3 Å². The summed E-state index contributed by atoms with van der Waals surface area (Å²) in [6, 6.07) is 26.7. The molecule has 0 N–H and O–H groups in total. The molecule has 0 saturated heterocycles. The van der Waals surface area contributed by atoms with E-state index in [9.17, 15) is 26.3 Å². The fourth-order valence-electron chi connectivity index (χ4n) is 7.07. The summed E-state index contributed by atoms with van der Waals surface area (Å²) in [4.78, 5) is 4.64. The zero-order chi connectivity index (χ0) is 39.0. The van der Waals surface area contributed by atoms with Crippen molar-refractivity contribution in [2.75, 3.05) is 0 Å². The minimum atomic E-state index is -5.07. The van der Waals surface area contributed by atoms with Crippen molar-refractivity contribution in [3.05, 3.63) is 131 Å². The van der Waals surface area contributed by atoms with Crippen LogP contribution in [0.1, 0.15) is 69.6 Å². The van der Waals surface area contributed by atoms with E-state index in [1.54, 1.807) is 72.0 Å². The van der Waals surface area contributed by atoms with Gasteiger partial charge in [-0.15, -0.1) is 0 Å². The standard InChI is InChI=1S/C43H38F6N4O/c1-25-20-21-50-35(22-25)52-33-17-9-8-14-29(33)30-19-18-28(24-34(30)52)54-27-13-10-12-26(23-27)53-39(41(5,6)7)37(38(51-53)40(2,3)4)36-31(42(44,45)46)15-11-16-32(36)43(47,48)49/h8-24H,1-7H3. The Bertz CT molecular complexity index is 2510. The molecule has 0 bridgehead atoms. The molecule has 3 heterocycles. The first kappa shape index (κ1) is 36.8. The number of aromatic nitrogens is 4. The van der Waals surface area contributed by atoms with Gasteiger partial charge < -0.3 is 4.74 Å². The van der Waals surface area contributed by atoms with Crippen LogP contribution in [-0.2, 0) is 23.2 Å². The molecule has 0 fully saturated rings. The Morgan fingerprint density at radius 3 is 1.85 bits per heavy atom. The molecule has 0 radical (unpaired) electrons. The van der Waals surface area contributed by atoms with Crippen LogP contribution in [0.5, 0.6) is 11.5 Å². The molecule has 0 saturated carbocycles. The van der Waals surface area contributed by atoms with Crippen LogP contribution >= 0.6 is 0 Å². The molecule has 4 aromatic carbocycles. The Morgan fingerprint density at radius 1 is 0.593 bits per heavy atom. The van der Waals surface area contributed by atoms with Gasteiger partial charge in [-0.2, -0.15) is 31.4 Å². The fourth-order valence-corrected chi connectivity index (χ4v) is 7.07. The zero-order valence-electron chi connectivity index (χ0n) is 30.8. The molecular formula is C43H38F6N4O. The molecule has 54 heavy (non-hydrogen) atoms. The van der Waals surface area contributed by atoms with Crippen molar-refractivity contribution in [2.45, 2.75) is 71.6 Å². The van der Waals surface area contributed by atoms with Crippen molar-refractivity contribution in [3.8, 4) is 34.1 Å². The van der Waals surface area contributed by atoms with Gasteiger partial charge in [0.2, 0.25) is 0 Å². The highest BCUT2D eigenvalue weighted by molar-refractivity contribution is 6.09. The summed E-state index contributed by atoms with van der Waals surface area (Å²) in [5.74, 6) is 1.65. The summed E-state index contributed by atoms with van der Waals surface area (Å²) < 4.78 is 97.7. The highest BCUT2D eigenvalue weighted by Crippen LogP contribution is 2.50. The van der Waals surface area contributed by atoms with E-state index in [-0.39, 0.29) is 17.0 Å². The average molecular weight is 741 g/mol. The zero-order valence-corrected chi connectivity index (χ0v) is 30.8. The monoisotopic (exact) mass is 740 g/mol. The van der Waals surface area contributed by atoms with E-state index >= 15 is 0 Å². The summed E-state index contributed by atoms with van der Waals surface area (Å²) in [6.45, 7) is 12.4. The number of nitrogens with zero attached hydrogens (tertiary/aromatic N) is 4. The lowest BCUT2D eigenvalue weighted by Crippen LogP contribution is -2.21. The smallest absolute Gasteiger partial charge is 0.417 e. The van der Waals surface area contributed by atoms with Crippen molar-refractivity contribution < 1.29 is 31.1 Å². The Balaban J connectivity index is 1.41. The lowest BCUT2D eigenvalue weighted by atomic mass is 9.78. The SMILES string of the molecule is Cc1ccnc(-n2c3ccccc3c3ccc(Oc4cccc(-n5nc(C(C)(C)C)c(-c6c(C(F)(F)F)cccc6C(F)(F)F)c5C(C)(C)C)c4)cc32)c1. The van der Waals surface area contributed by atoms with Gasteiger partial charge in [-0.25, -0.2) is 9.67 Å². The van der Waals surface area contributed by atoms with Crippen molar-refractivity contribution in [1.29, 1.82) is 0 Å². The lowest BCUT2D eigenvalue weighted by Gasteiger charge is -2.27. The number of alkyl halides is 6. The van der Waals surface area contributed by atoms with Crippen LogP contribution in [0.2, 0.25) is 0 Å². The van der Waals surface area contributed by atoms with Crippen LogP contribution in [0, 0.1) is 6.92 Å². The molecule has 7 rings (SSSR count). The maximum absolute atomic E-state index is 14.6. The molecule has 0 aliphatic rings. The minimum absolute atomic E-state index is 0.101. The lowest BCUT2D eigenvalue weighted by molar-refractivity contribution is -0.142. The van der Waals surface area contributed by atoms with E-state index in [1.807, 2.05) is 55.5 Å². The summed E-state index contributed by atoms with van der Waals surface area (Å²) in [5.41, 5.74) is -2.18. The predicted octanol–water partition coefficient (Wildman–Crippen LogP) is 12.8. The third-order valence-electron chi connectivity index (χ3n) is 9.30. The fraction of sp³-hybridized carbons (Fsp3) is 0.256. The van der Waals surface area contributed by atoms with Gasteiger partial charge in [0.05, 0.1) is 39.2 Å². The maximum atomic E-state index is 14.6. The summed E-state index contributed by atoms with van der Waals surface area (Å²) in [5, 5.41) is 6.87. The summed E-state index contributed by atoms with van der Waals surface area (Å²) in [7, 11) is 0. The largest absolute Gasteiger partial charge is 0.457 e. The van der Waals surface area contributed by atoms with Gasteiger partial charge in [0.15, 0.2) is 0 Å². The van der Waals surface area contributed by atoms with Crippen LogP contribution < -0.4 is 4.74 Å². The maximum Gasteiger partial charge on any atom is 0.417 e. The molecule has 0 unspecified atom stereocenters. The van der Waals surface area contributed by atoms with E-state index in [0.29, 0.717) is 29.3 Å². The molecule has 0 aliphatic heterocycles. The second-order valence-electron chi connectivity index (χ2n) is 15.5. The third-order valence-corrected chi connectivity index (χ3v) is 9.30. The van der Waals surface area contributed by atoms with E-state index in [1.165, 1.54) is 4.68 Å². The van der Waals surface area contributed by atoms with Crippen molar-refractivity contribution in [2.24, 2.45) is 0 Å². The van der Waals surface area contributed by atoms with Gasteiger partial charge in [-0.1, -0.05) is 71.9 Å². The van der Waals surface area contributed by atoms with Gasteiger partial charge in [0, 0.05) is 51.1 Å². The number of para-hydroxylation sites is 1. The number of ether oxygens (including phenoxy) is 1. The first-order valence-corrected chi connectivity index (χ1v) is 17.4. The average Bonchev–Trinajstić information content (AvgIpc) is 3.65. The molecule has 11 heteroatoms. The number of aryl methyl sites for hydroxylation is 1. The number of hydrogen-bond donors (Lipinski definition) is 0. The molecule has 3 aromatic heterocycles. The number of pyridine rings is 1. The van der Waals surface area contributed by atoms with Crippen molar-refractivity contribution in [3.63, 3.8) is 0 Å². The summed E-state index contributed by atoms with van der Waals surface area (Å²) in [6.07, 6.45) is -8.38. The molecule has 7 aromatic rings. The van der Waals surface area contributed by atoms with E-state index in [4.69, 9.17) is 9.84 Å². The molecule has 0 spiro atoms. The molecule has 278 valence electrons. The molecular weight excluding hydrogens is 702 g/mol. The highest BCUT2D eigenvalue weighted by atomic mass is 19.4. The summed E-state index contributed by atoms with van der Waals surface area (Å²) >= 11 is 0. The van der Waals surface area contributed by atoms with Gasteiger partial charge in [-0.3, -0.25) is 4.57 Å². The molecule has 0 atom stereocenters. The normalized spacial score (nSPS) is 12.9. The van der Waals surface area contributed by atoms with Crippen LogP contribution in [-0.4, -0.2) is 19.3 Å². The van der Waals surface area contributed by atoms with Crippen LogP contribution in [0.15, 0.2) is 103 Å². The van der Waals surface area contributed by atoms with Crippen molar-refractivity contribution >= 4 is 21.8 Å². The second-order valence-corrected chi connectivity index (χ2v) is 15.5. The number of rotatable bonds is 5. The first-order valence-electron chi connectivity index (χ1n) is 17.4. The van der Waals surface area contributed by atoms with Crippen LogP contribution in [0.3, 0.4) is 0 Å². The Morgan fingerprint density at radius 2 is 1.22 bits per heavy atom. The molecule has 5 nitrogen and oxygen atoms in total. The number of fused-ring (bicyclic) bond motifs is 3. The second kappa shape index (κ2) is 12.8. The third kappa shape index (κ3) is 6.60. The topological polar surface area (TPSA) is 44.9 Å². The van der Waals surface area contributed by atoms with Gasteiger partial charge in [0.1, 0.15) is 17.3 Å². The molecule has 0 aliphatic carbocycles. The van der Waals surface area contributed by atoms with Crippen LogP contribution in [0.25, 0.3) is 44.4 Å². The van der Waals surface area contributed by atoms with E-state index in [0.717, 1.165) is 39.3 Å². The van der Waals surface area contributed by atoms with E-state index in [2.05, 4.69) is 15.6 Å². The Labute approximate surface area is 308 Å². The van der Waals surface area contributed by atoms with Gasteiger partial charge in [-0.05, 0) is 67.1 Å². The molecule has 0 amide bonds. The first-order chi connectivity index (χ1) is 25.2. The Hall–Kier alpha value is -5.58. The number of benzene rings is 4. The predicted molar refractivity (Wildman–Crippen MR) is 200 cm³/mol. The number of hydrogen-bond acceptors (Lipinski definition) is 3. The highest BCUT2D eigenvalue weighted by Gasteiger charge is 2.45. The minimum Gasteiger partial charge on any atom is -0.457 e.